The van der Waals surface area contributed by atoms with Crippen LogP contribution in [0.5, 0.6) is 0 Å². The first-order valence-corrected chi connectivity index (χ1v) is 5.64. The van der Waals surface area contributed by atoms with Gasteiger partial charge < -0.3 is 15.5 Å². The number of rotatable bonds is 3. The number of nitrogens with zero attached hydrogens (tertiary/aromatic N) is 2. The van der Waals surface area contributed by atoms with Gasteiger partial charge in [0.25, 0.3) is 0 Å². The molecule has 1 amide bonds. The van der Waals surface area contributed by atoms with Gasteiger partial charge in [0.05, 0.1) is 11.4 Å². The molecular weight excluding hydrogens is 210 g/mol. The van der Waals surface area contributed by atoms with Crippen LogP contribution in [0, 0.1) is 0 Å². The largest absolute Gasteiger partial charge is 0.393 e. The second-order valence-corrected chi connectivity index (χ2v) is 4.71. The Kier molecular flexibility index (Phi) is 4.47. The maximum absolute atomic E-state index is 11.7. The molecule has 1 aliphatic rings. The topological polar surface area (TPSA) is 49.6 Å². The van der Waals surface area contributed by atoms with Gasteiger partial charge in [-0.3, -0.25) is 4.79 Å². The molecule has 2 N–H and O–H groups in total. The molecule has 86 valence electrons. The summed E-state index contributed by atoms with van der Waals surface area (Å²) in [5, 5.41) is 0. The van der Waals surface area contributed by atoms with Crippen LogP contribution in [-0.2, 0) is 4.79 Å². The summed E-state index contributed by atoms with van der Waals surface area (Å²) in [7, 11) is 3.95. The second-order valence-electron chi connectivity index (χ2n) is 4.18. The zero-order chi connectivity index (χ0) is 11.4. The van der Waals surface area contributed by atoms with E-state index in [1.165, 1.54) is 0 Å². The van der Waals surface area contributed by atoms with Gasteiger partial charge in [0.15, 0.2) is 0 Å². The lowest BCUT2D eigenvalue weighted by Gasteiger charge is -2.35. The van der Waals surface area contributed by atoms with Crippen LogP contribution in [0.15, 0.2) is 0 Å². The lowest BCUT2D eigenvalue weighted by atomic mass is 10.0. The van der Waals surface area contributed by atoms with Gasteiger partial charge in [-0.1, -0.05) is 12.2 Å². The maximum atomic E-state index is 11.7. The normalized spacial score (nSPS) is 18.8. The van der Waals surface area contributed by atoms with Crippen LogP contribution in [0.1, 0.15) is 19.3 Å². The van der Waals surface area contributed by atoms with Crippen molar-refractivity contribution in [2.45, 2.75) is 25.3 Å². The summed E-state index contributed by atoms with van der Waals surface area (Å²) in [6.45, 7) is 2.10. The van der Waals surface area contributed by atoms with Crippen molar-refractivity contribution >= 4 is 23.1 Å². The number of carbonyl (C=O) groups excluding carboxylic acids is 1. The first kappa shape index (κ1) is 12.4. The third-order valence-electron chi connectivity index (χ3n) is 2.95. The first-order valence-electron chi connectivity index (χ1n) is 5.23. The average Bonchev–Trinajstić information content (AvgIpc) is 2.17. The Labute approximate surface area is 96.4 Å². The Morgan fingerprint density at radius 2 is 2.07 bits per heavy atom. The highest BCUT2D eigenvalue weighted by Gasteiger charge is 2.23. The van der Waals surface area contributed by atoms with Crippen LogP contribution in [0.2, 0.25) is 0 Å². The smallest absolute Gasteiger partial charge is 0.229 e. The van der Waals surface area contributed by atoms with Gasteiger partial charge in [-0.25, -0.2) is 0 Å². The van der Waals surface area contributed by atoms with Crippen LogP contribution in [0.25, 0.3) is 0 Å². The van der Waals surface area contributed by atoms with E-state index in [1.54, 1.807) is 4.90 Å². The Bertz CT molecular complexity index is 249. The molecule has 1 aliphatic heterocycles. The molecule has 0 saturated carbocycles. The van der Waals surface area contributed by atoms with E-state index < -0.39 is 0 Å². The molecule has 0 spiro atoms. The molecule has 0 aliphatic carbocycles. The van der Waals surface area contributed by atoms with E-state index in [2.05, 4.69) is 11.9 Å². The highest BCUT2D eigenvalue weighted by molar-refractivity contribution is 7.80. The molecule has 0 aromatic heterocycles. The summed E-state index contributed by atoms with van der Waals surface area (Å²) < 4.78 is 0. The summed E-state index contributed by atoms with van der Waals surface area (Å²) in [6.07, 6.45) is 2.27. The fourth-order valence-corrected chi connectivity index (χ4v) is 1.98. The van der Waals surface area contributed by atoms with Gasteiger partial charge in [-0.2, -0.15) is 0 Å². The Balaban J connectivity index is 2.42. The minimum absolute atomic E-state index is 0.0389. The van der Waals surface area contributed by atoms with E-state index in [4.69, 9.17) is 18.0 Å². The fraction of sp³-hybridized carbons (Fsp3) is 0.800. The van der Waals surface area contributed by atoms with Gasteiger partial charge in [-0.15, -0.1) is 0 Å². The van der Waals surface area contributed by atoms with Crippen LogP contribution >= 0.6 is 12.2 Å². The van der Waals surface area contributed by atoms with Crippen LogP contribution in [-0.4, -0.2) is 53.9 Å². The van der Waals surface area contributed by atoms with E-state index in [9.17, 15) is 4.79 Å². The lowest BCUT2D eigenvalue weighted by molar-refractivity contribution is -0.131. The summed E-state index contributed by atoms with van der Waals surface area (Å²) in [6, 6.07) is 0.350. The predicted octanol–water partition coefficient (Wildman–Crippen LogP) is 0.215. The standard InChI is InChI=1S/C10H19N3OS/c1-12-5-3-8(4-6-12)13(2)10(14)7-9(11)15/h8H,3-7H2,1-2H3,(H2,11,15). The number of piperidine rings is 1. The molecule has 5 heteroatoms. The van der Waals surface area contributed by atoms with Crippen molar-refractivity contribution in [3.05, 3.63) is 0 Å². The number of likely N-dealkylation sites (tertiary alicyclic amines) is 1. The minimum atomic E-state index is 0.0389. The van der Waals surface area contributed by atoms with Crippen molar-refractivity contribution in [1.29, 1.82) is 0 Å². The van der Waals surface area contributed by atoms with Gasteiger partial charge in [-0.05, 0) is 33.0 Å². The van der Waals surface area contributed by atoms with Gasteiger partial charge in [0, 0.05) is 13.1 Å². The molecule has 1 rings (SSSR count). The summed E-state index contributed by atoms with van der Waals surface area (Å²) in [5.41, 5.74) is 5.36. The Morgan fingerprint density at radius 3 is 2.53 bits per heavy atom. The lowest BCUT2D eigenvalue weighted by Crippen LogP contribution is -2.45. The van der Waals surface area contributed by atoms with Gasteiger partial charge in [0.2, 0.25) is 5.91 Å². The van der Waals surface area contributed by atoms with Crippen molar-refractivity contribution in [2.24, 2.45) is 5.73 Å². The number of hydrogen-bond donors (Lipinski definition) is 1. The third kappa shape index (κ3) is 3.76. The van der Waals surface area contributed by atoms with Crippen molar-refractivity contribution in [2.75, 3.05) is 27.2 Å². The third-order valence-corrected chi connectivity index (χ3v) is 3.10. The molecule has 1 heterocycles. The molecule has 1 saturated heterocycles. The van der Waals surface area contributed by atoms with E-state index >= 15 is 0 Å². The molecule has 15 heavy (non-hydrogen) atoms. The van der Waals surface area contributed by atoms with Crippen molar-refractivity contribution < 1.29 is 4.79 Å². The molecule has 0 atom stereocenters. The fourth-order valence-electron chi connectivity index (χ4n) is 1.86. The monoisotopic (exact) mass is 229 g/mol. The number of thiocarbonyl (C=S) groups is 1. The molecule has 0 radical (unpaired) electrons. The van der Waals surface area contributed by atoms with Crippen LogP contribution < -0.4 is 5.73 Å². The zero-order valence-corrected chi connectivity index (χ0v) is 10.2. The average molecular weight is 229 g/mol. The van der Waals surface area contributed by atoms with E-state index in [1.807, 2.05) is 7.05 Å². The number of nitrogens with two attached hydrogens (primary N) is 1. The van der Waals surface area contributed by atoms with Crippen LogP contribution in [0.3, 0.4) is 0 Å². The molecular formula is C10H19N3OS. The zero-order valence-electron chi connectivity index (χ0n) is 9.40. The van der Waals surface area contributed by atoms with Gasteiger partial charge >= 0.3 is 0 Å². The molecule has 0 aromatic rings. The summed E-state index contributed by atoms with van der Waals surface area (Å²) in [5.74, 6) is 0.0389. The maximum Gasteiger partial charge on any atom is 0.229 e. The molecule has 4 nitrogen and oxygen atoms in total. The number of hydrogen-bond acceptors (Lipinski definition) is 3. The van der Waals surface area contributed by atoms with Crippen LogP contribution in [0.4, 0.5) is 0 Å². The molecule has 0 bridgehead atoms. The second kappa shape index (κ2) is 5.42. The molecule has 0 unspecified atom stereocenters. The van der Waals surface area contributed by atoms with Gasteiger partial charge in [0.1, 0.15) is 0 Å². The minimum Gasteiger partial charge on any atom is -0.393 e. The first-order chi connectivity index (χ1) is 7.00. The van der Waals surface area contributed by atoms with E-state index in [0.29, 0.717) is 6.04 Å². The Hall–Kier alpha value is -0.680. The SMILES string of the molecule is CN1CCC(N(C)C(=O)CC(N)=S)CC1. The Morgan fingerprint density at radius 1 is 1.53 bits per heavy atom. The van der Waals surface area contributed by atoms with Crippen molar-refractivity contribution in [3.63, 3.8) is 0 Å². The van der Waals surface area contributed by atoms with E-state index in [0.717, 1.165) is 25.9 Å². The quantitative estimate of drug-likeness (QED) is 0.703. The number of carbonyl (C=O) groups is 1. The van der Waals surface area contributed by atoms with Crippen molar-refractivity contribution in [1.82, 2.24) is 9.80 Å². The number of amides is 1. The van der Waals surface area contributed by atoms with Crippen molar-refractivity contribution in [3.8, 4) is 0 Å². The molecule has 0 aromatic carbocycles. The predicted molar refractivity (Wildman–Crippen MR) is 64.7 cm³/mol. The highest BCUT2D eigenvalue weighted by atomic mass is 32.1. The summed E-state index contributed by atoms with van der Waals surface area (Å²) >= 11 is 4.73. The highest BCUT2D eigenvalue weighted by Crippen LogP contribution is 2.14. The molecule has 1 fully saturated rings. The summed E-state index contributed by atoms with van der Waals surface area (Å²) in [4.78, 5) is 16.0. The van der Waals surface area contributed by atoms with E-state index in [-0.39, 0.29) is 17.3 Å².